The van der Waals surface area contributed by atoms with Gasteiger partial charge in [0.05, 0.1) is 11.4 Å². The number of nitrogens with zero attached hydrogens (tertiary/aromatic N) is 1. The molecule has 0 aliphatic carbocycles. The number of ether oxygens (including phenoxy) is 1. The summed E-state index contributed by atoms with van der Waals surface area (Å²) in [6.45, 7) is 0.197. The number of carbonyl (C=O) groups excluding carboxylic acids is 2. The summed E-state index contributed by atoms with van der Waals surface area (Å²) in [5, 5.41) is 3.22. The van der Waals surface area contributed by atoms with Crippen molar-refractivity contribution in [1.82, 2.24) is 4.90 Å². The molecule has 1 aliphatic rings. The minimum Gasteiger partial charge on any atom is -0.491 e. The number of para-hydroxylation sites is 1. The van der Waals surface area contributed by atoms with Crippen LogP contribution in [0.15, 0.2) is 119 Å². The van der Waals surface area contributed by atoms with Crippen LogP contribution in [0.5, 0.6) is 11.5 Å². The minimum absolute atomic E-state index is 0.0116. The van der Waals surface area contributed by atoms with Gasteiger partial charge in [-0.1, -0.05) is 84.9 Å². The molecule has 0 radical (unpaired) electrons. The summed E-state index contributed by atoms with van der Waals surface area (Å²) in [6, 6.07) is 32.2. The van der Waals surface area contributed by atoms with Gasteiger partial charge in [0.1, 0.15) is 23.0 Å². The Morgan fingerprint density at radius 2 is 1.41 bits per heavy atom. The molecule has 0 unspecified atom stereocenters. The van der Waals surface area contributed by atoms with Gasteiger partial charge >= 0.3 is 10.1 Å². The van der Waals surface area contributed by atoms with E-state index in [4.69, 9.17) is 8.92 Å². The first-order valence-corrected chi connectivity index (χ1v) is 15.0. The van der Waals surface area contributed by atoms with Crippen LogP contribution >= 0.6 is 11.8 Å². The molecule has 7 nitrogen and oxygen atoms in total. The number of rotatable bonds is 8. The van der Waals surface area contributed by atoms with Crippen LogP contribution in [0, 0.1) is 0 Å². The fourth-order valence-electron chi connectivity index (χ4n) is 4.57. The van der Waals surface area contributed by atoms with Crippen LogP contribution in [0.3, 0.4) is 0 Å². The lowest BCUT2D eigenvalue weighted by Crippen LogP contribution is -2.32. The lowest BCUT2D eigenvalue weighted by molar-refractivity contribution is -0.123. The van der Waals surface area contributed by atoms with Crippen molar-refractivity contribution < 1.29 is 26.9 Å². The van der Waals surface area contributed by atoms with Crippen molar-refractivity contribution in [2.45, 2.75) is 4.90 Å². The molecule has 1 saturated heterocycles. The van der Waals surface area contributed by atoms with Gasteiger partial charge in [0, 0.05) is 10.9 Å². The highest BCUT2D eigenvalue weighted by atomic mass is 32.2. The number of carbonyl (C=O) groups is 2. The van der Waals surface area contributed by atoms with Crippen molar-refractivity contribution in [3.63, 3.8) is 0 Å². The molecular formula is C32H23NO6S2. The Kier molecular flexibility index (Phi) is 7.21. The Morgan fingerprint density at radius 3 is 2.27 bits per heavy atom. The molecule has 0 spiro atoms. The van der Waals surface area contributed by atoms with Gasteiger partial charge in [-0.25, -0.2) is 0 Å². The minimum atomic E-state index is -4.16. The second-order valence-electron chi connectivity index (χ2n) is 9.24. The van der Waals surface area contributed by atoms with Gasteiger partial charge in [-0.3, -0.25) is 14.5 Å². The fraction of sp³-hybridized carbons (Fsp3) is 0.0625. The van der Waals surface area contributed by atoms with Crippen LogP contribution in [0.25, 0.3) is 27.6 Å². The van der Waals surface area contributed by atoms with Gasteiger partial charge < -0.3 is 8.92 Å². The molecule has 41 heavy (non-hydrogen) atoms. The Balaban J connectivity index is 1.18. The lowest BCUT2D eigenvalue weighted by Gasteiger charge is -2.14. The first-order valence-electron chi connectivity index (χ1n) is 12.8. The quantitative estimate of drug-likeness (QED) is 0.146. The van der Waals surface area contributed by atoms with Crippen LogP contribution < -0.4 is 8.92 Å². The molecule has 1 aliphatic heterocycles. The smallest absolute Gasteiger partial charge is 0.339 e. The summed E-state index contributed by atoms with van der Waals surface area (Å²) in [7, 11) is -4.16. The number of benzene rings is 5. The van der Waals surface area contributed by atoms with Gasteiger partial charge in [-0.2, -0.15) is 8.42 Å². The zero-order valence-corrected chi connectivity index (χ0v) is 23.2. The van der Waals surface area contributed by atoms with Crippen LogP contribution in [0.4, 0.5) is 4.79 Å². The van der Waals surface area contributed by atoms with E-state index in [1.807, 2.05) is 66.7 Å². The molecule has 1 heterocycles. The second kappa shape index (κ2) is 11.1. The van der Waals surface area contributed by atoms with Crippen molar-refractivity contribution in [3.05, 3.63) is 120 Å². The summed E-state index contributed by atoms with van der Waals surface area (Å²) < 4.78 is 37.7. The highest BCUT2D eigenvalue weighted by Gasteiger charge is 2.35. The van der Waals surface area contributed by atoms with E-state index in [1.165, 1.54) is 18.2 Å². The molecule has 0 saturated carbocycles. The van der Waals surface area contributed by atoms with Crippen LogP contribution in [-0.4, -0.2) is 37.6 Å². The van der Waals surface area contributed by atoms with Gasteiger partial charge in [-0.05, 0) is 58.3 Å². The molecule has 6 rings (SSSR count). The fourth-order valence-corrected chi connectivity index (χ4v) is 6.41. The monoisotopic (exact) mass is 581 g/mol. The Morgan fingerprint density at radius 1 is 0.732 bits per heavy atom. The van der Waals surface area contributed by atoms with E-state index in [9.17, 15) is 18.0 Å². The van der Waals surface area contributed by atoms with Gasteiger partial charge in [0.2, 0.25) is 0 Å². The van der Waals surface area contributed by atoms with Crippen molar-refractivity contribution >= 4 is 60.6 Å². The average Bonchev–Trinajstić information content (AvgIpc) is 3.25. The molecule has 0 aromatic heterocycles. The SMILES string of the molecule is O=C1S/C(=C\c2ccccc2OS(=O)(=O)c2ccc3ccccc3c2)C(=O)N1CCOc1cccc2ccccc12. The van der Waals surface area contributed by atoms with E-state index in [-0.39, 0.29) is 28.7 Å². The third-order valence-corrected chi connectivity index (χ3v) is 8.75. The van der Waals surface area contributed by atoms with Gasteiger partial charge in [0.25, 0.3) is 11.1 Å². The van der Waals surface area contributed by atoms with Gasteiger partial charge in [-0.15, -0.1) is 0 Å². The zero-order chi connectivity index (χ0) is 28.4. The number of imide groups is 1. The topological polar surface area (TPSA) is 90.0 Å². The largest absolute Gasteiger partial charge is 0.491 e. The zero-order valence-electron chi connectivity index (χ0n) is 21.6. The molecule has 0 N–H and O–H groups in total. The number of hydrogen-bond acceptors (Lipinski definition) is 7. The second-order valence-corrected chi connectivity index (χ2v) is 11.8. The number of hydrogen-bond donors (Lipinski definition) is 0. The third kappa shape index (κ3) is 5.54. The number of fused-ring (bicyclic) bond motifs is 2. The summed E-state index contributed by atoms with van der Waals surface area (Å²) >= 11 is 0.788. The maximum atomic E-state index is 13.1. The van der Waals surface area contributed by atoms with E-state index in [2.05, 4.69) is 0 Å². The van der Waals surface area contributed by atoms with Gasteiger partial charge in [0.15, 0.2) is 0 Å². The average molecular weight is 582 g/mol. The summed E-state index contributed by atoms with van der Waals surface area (Å²) in [6.07, 6.45) is 1.47. The van der Waals surface area contributed by atoms with Crippen LogP contribution in [0.1, 0.15) is 5.56 Å². The summed E-state index contributed by atoms with van der Waals surface area (Å²) in [5.41, 5.74) is 0.356. The van der Waals surface area contributed by atoms with Crippen LogP contribution in [-0.2, 0) is 14.9 Å². The van der Waals surface area contributed by atoms with Crippen molar-refractivity contribution in [2.24, 2.45) is 0 Å². The Bertz CT molecular complexity index is 1950. The molecule has 2 amide bonds. The van der Waals surface area contributed by atoms with E-state index in [1.54, 1.807) is 30.3 Å². The molecule has 204 valence electrons. The predicted octanol–water partition coefficient (Wildman–Crippen LogP) is 6.88. The van der Waals surface area contributed by atoms with Crippen molar-refractivity contribution in [1.29, 1.82) is 0 Å². The predicted molar refractivity (Wildman–Crippen MR) is 160 cm³/mol. The van der Waals surface area contributed by atoms with Crippen molar-refractivity contribution in [2.75, 3.05) is 13.2 Å². The molecule has 9 heteroatoms. The van der Waals surface area contributed by atoms with E-state index < -0.39 is 21.3 Å². The van der Waals surface area contributed by atoms with Crippen LogP contribution in [0.2, 0.25) is 0 Å². The standard InChI is InChI=1S/C32H23NO6S2/c34-31-30(40-32(35)33(31)18-19-38-29-15-7-12-23-9-3-5-13-27(23)29)21-25-11-4-6-14-28(25)39-41(36,37)26-17-16-22-8-1-2-10-24(22)20-26/h1-17,20-21H,18-19H2/b30-21-. The maximum Gasteiger partial charge on any atom is 0.339 e. The highest BCUT2D eigenvalue weighted by Crippen LogP contribution is 2.35. The summed E-state index contributed by atoms with van der Waals surface area (Å²) in [5.74, 6) is 0.241. The maximum absolute atomic E-state index is 13.1. The Labute approximate surface area is 241 Å². The molecule has 0 atom stereocenters. The molecule has 1 fully saturated rings. The molecule has 5 aromatic carbocycles. The molecular weight excluding hydrogens is 558 g/mol. The van der Waals surface area contributed by atoms with E-state index in [0.717, 1.165) is 38.2 Å². The van der Waals surface area contributed by atoms with E-state index >= 15 is 0 Å². The number of thioether (sulfide) groups is 1. The Hall–Kier alpha value is -4.60. The first kappa shape index (κ1) is 26.6. The molecule has 5 aromatic rings. The number of amides is 2. The van der Waals surface area contributed by atoms with E-state index in [0.29, 0.717) is 11.3 Å². The lowest BCUT2D eigenvalue weighted by atomic mass is 10.1. The third-order valence-electron chi connectivity index (χ3n) is 6.61. The normalized spacial score (nSPS) is 14.7. The summed E-state index contributed by atoms with van der Waals surface area (Å²) in [4.78, 5) is 27.1. The molecule has 0 bridgehead atoms. The van der Waals surface area contributed by atoms with Crippen molar-refractivity contribution in [3.8, 4) is 11.5 Å². The highest BCUT2D eigenvalue weighted by molar-refractivity contribution is 8.18. The first-order chi connectivity index (χ1) is 19.9.